The summed E-state index contributed by atoms with van der Waals surface area (Å²) in [7, 11) is 0. The first-order chi connectivity index (χ1) is 6.79. The van der Waals surface area contributed by atoms with Crippen LogP contribution >= 0.6 is 0 Å². The lowest BCUT2D eigenvalue weighted by Gasteiger charge is -2.10. The van der Waals surface area contributed by atoms with Gasteiger partial charge in [-0.15, -0.1) is 0 Å². The molecule has 5 nitrogen and oxygen atoms in total. The molecule has 14 heavy (non-hydrogen) atoms. The van der Waals surface area contributed by atoms with Gasteiger partial charge in [0.2, 0.25) is 0 Å². The lowest BCUT2D eigenvalue weighted by atomic mass is 9.98. The highest BCUT2D eigenvalue weighted by atomic mass is 16.5. The summed E-state index contributed by atoms with van der Waals surface area (Å²) in [6.45, 7) is 0.582. The van der Waals surface area contributed by atoms with Crippen molar-refractivity contribution in [3.05, 3.63) is 34.1 Å². The van der Waals surface area contributed by atoms with Crippen molar-refractivity contribution in [2.45, 2.75) is 12.8 Å². The smallest absolute Gasteiger partial charge is 0.327 e. The quantitative estimate of drug-likeness (QED) is 0.713. The third kappa shape index (κ3) is 1.67. The molecular weight excluding hydrogens is 182 g/mol. The number of nitrogens with two attached hydrogens (primary N) is 1. The maximum absolute atomic E-state index is 10.7. The molecule has 1 aliphatic carbocycles. The van der Waals surface area contributed by atoms with Crippen LogP contribution in [-0.2, 0) is 0 Å². The van der Waals surface area contributed by atoms with Crippen molar-refractivity contribution in [3.8, 4) is 0 Å². The second-order valence-electron chi connectivity index (χ2n) is 3.16. The van der Waals surface area contributed by atoms with E-state index in [2.05, 4.69) is 14.7 Å². The maximum atomic E-state index is 10.7. The molecule has 0 fully saturated rings. The largest absolute Gasteiger partial charge is 0.439 e. The standard InChI is InChI=1S/C9H11N3O2/c10-5-6-1-3-7(4-2-6)8-11-9(13)14-12-8/h1,3H,2,4-5,10H2,(H,11,12,13). The lowest BCUT2D eigenvalue weighted by molar-refractivity contribution is 0.385. The highest BCUT2D eigenvalue weighted by Gasteiger charge is 2.10. The molecule has 3 N–H and O–H groups in total. The minimum absolute atomic E-state index is 0.516. The van der Waals surface area contributed by atoms with Crippen LogP contribution in [0.15, 0.2) is 27.0 Å². The molecule has 0 aliphatic heterocycles. The average Bonchev–Trinajstić information content (AvgIpc) is 2.65. The molecule has 2 rings (SSSR count). The van der Waals surface area contributed by atoms with Gasteiger partial charge in [0.25, 0.3) is 0 Å². The van der Waals surface area contributed by atoms with Crippen LogP contribution in [0.4, 0.5) is 0 Å². The highest BCUT2D eigenvalue weighted by Crippen LogP contribution is 2.23. The summed E-state index contributed by atoms with van der Waals surface area (Å²) in [5, 5.41) is 3.62. The van der Waals surface area contributed by atoms with Crippen molar-refractivity contribution in [3.63, 3.8) is 0 Å². The number of hydrogen-bond acceptors (Lipinski definition) is 4. The van der Waals surface area contributed by atoms with Gasteiger partial charge >= 0.3 is 5.76 Å². The maximum Gasteiger partial charge on any atom is 0.439 e. The Morgan fingerprint density at radius 2 is 2.36 bits per heavy atom. The highest BCUT2D eigenvalue weighted by molar-refractivity contribution is 5.63. The molecule has 74 valence electrons. The van der Waals surface area contributed by atoms with Gasteiger partial charge in [0.15, 0.2) is 5.82 Å². The molecule has 1 heterocycles. The zero-order valence-corrected chi connectivity index (χ0v) is 7.62. The van der Waals surface area contributed by atoms with E-state index in [4.69, 9.17) is 5.73 Å². The van der Waals surface area contributed by atoms with Gasteiger partial charge in [-0.25, -0.2) is 4.79 Å². The molecule has 0 spiro atoms. The zero-order valence-electron chi connectivity index (χ0n) is 7.62. The van der Waals surface area contributed by atoms with Gasteiger partial charge in [-0.05, 0) is 18.4 Å². The topological polar surface area (TPSA) is 84.9 Å². The molecule has 0 bridgehead atoms. The predicted molar refractivity (Wildman–Crippen MR) is 51.5 cm³/mol. The molecule has 1 aromatic rings. The summed E-state index contributed by atoms with van der Waals surface area (Å²) in [6, 6.07) is 0. The normalized spacial score (nSPS) is 16.4. The summed E-state index contributed by atoms with van der Waals surface area (Å²) >= 11 is 0. The van der Waals surface area contributed by atoms with Crippen molar-refractivity contribution in [2.75, 3.05) is 6.54 Å². The van der Waals surface area contributed by atoms with E-state index in [1.807, 2.05) is 12.2 Å². The molecule has 0 amide bonds. The van der Waals surface area contributed by atoms with Crippen molar-refractivity contribution in [2.24, 2.45) is 5.73 Å². The van der Waals surface area contributed by atoms with Gasteiger partial charge in [-0.2, -0.15) is 0 Å². The first-order valence-electron chi connectivity index (χ1n) is 4.44. The number of nitrogens with one attached hydrogen (secondary N) is 1. The van der Waals surface area contributed by atoms with E-state index >= 15 is 0 Å². The molecule has 0 unspecified atom stereocenters. The van der Waals surface area contributed by atoms with Crippen LogP contribution in [0.3, 0.4) is 0 Å². The Labute approximate surface area is 80.3 Å². The number of aromatic amines is 1. The van der Waals surface area contributed by atoms with Gasteiger partial charge in [-0.3, -0.25) is 9.51 Å². The number of aromatic nitrogens is 2. The SMILES string of the molecule is NCC1=CC=C(c2noc(=O)[nH]2)CC1. The Kier molecular flexibility index (Phi) is 2.32. The molecular formula is C9H11N3O2. The minimum Gasteiger partial charge on any atom is -0.327 e. The van der Waals surface area contributed by atoms with Crippen molar-refractivity contribution in [1.29, 1.82) is 0 Å². The number of allylic oxidation sites excluding steroid dienone is 3. The van der Waals surface area contributed by atoms with Crippen molar-refractivity contribution in [1.82, 2.24) is 10.1 Å². The van der Waals surface area contributed by atoms with E-state index in [-0.39, 0.29) is 0 Å². The van der Waals surface area contributed by atoms with Gasteiger partial charge in [-0.1, -0.05) is 22.9 Å². The fourth-order valence-corrected chi connectivity index (χ4v) is 1.42. The summed E-state index contributed by atoms with van der Waals surface area (Å²) in [4.78, 5) is 13.2. The van der Waals surface area contributed by atoms with Crippen molar-refractivity contribution < 1.29 is 4.52 Å². The van der Waals surface area contributed by atoms with E-state index in [0.717, 1.165) is 18.4 Å². The van der Waals surface area contributed by atoms with Crippen LogP contribution in [0, 0.1) is 0 Å². The van der Waals surface area contributed by atoms with Gasteiger partial charge in [0.1, 0.15) is 0 Å². The molecule has 1 aromatic heterocycles. The molecule has 0 aromatic carbocycles. The second-order valence-corrected chi connectivity index (χ2v) is 3.16. The molecule has 0 saturated carbocycles. The summed E-state index contributed by atoms with van der Waals surface area (Å²) < 4.78 is 4.42. The zero-order chi connectivity index (χ0) is 9.97. The average molecular weight is 193 g/mol. The lowest BCUT2D eigenvalue weighted by Crippen LogP contribution is -2.06. The Morgan fingerprint density at radius 1 is 1.50 bits per heavy atom. The monoisotopic (exact) mass is 193 g/mol. The van der Waals surface area contributed by atoms with E-state index in [1.165, 1.54) is 5.57 Å². The van der Waals surface area contributed by atoms with Crippen LogP contribution in [0.1, 0.15) is 18.7 Å². The van der Waals surface area contributed by atoms with E-state index in [1.54, 1.807) is 0 Å². The Bertz CT molecular complexity index is 439. The van der Waals surface area contributed by atoms with E-state index in [0.29, 0.717) is 12.4 Å². The summed E-state index contributed by atoms with van der Waals surface area (Å²) in [6.07, 6.45) is 5.63. The first-order valence-corrected chi connectivity index (χ1v) is 4.44. The number of rotatable bonds is 2. The minimum atomic E-state index is -0.519. The van der Waals surface area contributed by atoms with Crippen LogP contribution in [-0.4, -0.2) is 16.7 Å². The first kappa shape index (κ1) is 8.96. The fraction of sp³-hybridized carbons (Fsp3) is 0.333. The fourth-order valence-electron chi connectivity index (χ4n) is 1.42. The predicted octanol–water partition coefficient (Wildman–Crippen LogP) is 0.425. The Balaban J connectivity index is 2.26. The van der Waals surface area contributed by atoms with Gasteiger partial charge in [0.05, 0.1) is 0 Å². The van der Waals surface area contributed by atoms with Crippen LogP contribution < -0.4 is 11.5 Å². The summed E-state index contributed by atoms with van der Waals surface area (Å²) in [5.41, 5.74) is 7.69. The third-order valence-electron chi connectivity index (χ3n) is 2.24. The van der Waals surface area contributed by atoms with Crippen LogP contribution in [0.25, 0.3) is 5.57 Å². The van der Waals surface area contributed by atoms with Gasteiger partial charge in [0, 0.05) is 6.54 Å². The molecule has 5 heteroatoms. The molecule has 1 aliphatic rings. The van der Waals surface area contributed by atoms with Crippen molar-refractivity contribution >= 4 is 5.57 Å². The second kappa shape index (κ2) is 3.63. The van der Waals surface area contributed by atoms with E-state index < -0.39 is 5.76 Å². The summed E-state index contributed by atoms with van der Waals surface area (Å²) in [5.74, 6) is -0.00294. The van der Waals surface area contributed by atoms with E-state index in [9.17, 15) is 4.79 Å². The third-order valence-corrected chi connectivity index (χ3v) is 2.24. The number of H-pyrrole nitrogens is 1. The Hall–Kier alpha value is -1.62. The number of nitrogens with zero attached hydrogens (tertiary/aromatic N) is 1. The number of hydrogen-bond donors (Lipinski definition) is 2. The van der Waals surface area contributed by atoms with Crippen LogP contribution in [0.5, 0.6) is 0 Å². The Morgan fingerprint density at radius 3 is 2.86 bits per heavy atom. The molecule has 0 radical (unpaired) electrons. The van der Waals surface area contributed by atoms with Gasteiger partial charge < -0.3 is 5.73 Å². The molecule has 0 saturated heterocycles. The van der Waals surface area contributed by atoms with Crippen LogP contribution in [0.2, 0.25) is 0 Å². The molecule has 0 atom stereocenters.